The van der Waals surface area contributed by atoms with E-state index in [1.165, 1.54) is 88.0 Å². The van der Waals surface area contributed by atoms with Gasteiger partial charge < -0.3 is 0 Å². The van der Waals surface area contributed by atoms with Gasteiger partial charge >= 0.3 is 0 Å². The van der Waals surface area contributed by atoms with E-state index in [1.54, 1.807) is 0 Å². The summed E-state index contributed by atoms with van der Waals surface area (Å²) in [6.45, 7) is 9.71. The maximum Gasteiger partial charge on any atom is 0.0155 e. The molecule has 0 N–H and O–H groups in total. The maximum absolute atomic E-state index is 2.62. The van der Waals surface area contributed by atoms with E-state index >= 15 is 0 Å². The summed E-state index contributed by atoms with van der Waals surface area (Å²) < 4.78 is 0. The molecule has 7 aromatic rings. The van der Waals surface area contributed by atoms with Crippen molar-refractivity contribution in [3.8, 4) is 22.3 Å². The zero-order valence-corrected chi connectivity index (χ0v) is 26.9. The van der Waals surface area contributed by atoms with E-state index in [0.717, 1.165) is 0 Å². The molecule has 0 spiro atoms. The van der Waals surface area contributed by atoms with Crippen molar-refractivity contribution in [2.75, 3.05) is 0 Å². The molecule has 2 unspecified atom stereocenters. The number of benzene rings is 7. The SMILES string of the molecule is CC1(C)C2=CC3c4ccc(-c5ccc(-c6ccc7ccc8cccc9ccc6c7c89)cc5)cc4C(C)(C)C3C=C2c2ccccc21. The van der Waals surface area contributed by atoms with Gasteiger partial charge in [0.05, 0.1) is 0 Å². The Morgan fingerprint density at radius 1 is 0.500 bits per heavy atom. The van der Waals surface area contributed by atoms with Gasteiger partial charge in [0.2, 0.25) is 0 Å². The summed E-state index contributed by atoms with van der Waals surface area (Å²) in [5.41, 5.74) is 14.1. The van der Waals surface area contributed by atoms with Gasteiger partial charge in [-0.1, -0.05) is 161 Å². The molecule has 46 heavy (non-hydrogen) atoms. The molecule has 0 heteroatoms. The zero-order valence-electron chi connectivity index (χ0n) is 26.9. The Balaban J connectivity index is 1.04. The molecule has 10 rings (SSSR count). The summed E-state index contributed by atoms with van der Waals surface area (Å²) in [6, 6.07) is 45.9. The van der Waals surface area contributed by atoms with E-state index in [2.05, 4.69) is 161 Å². The molecule has 0 heterocycles. The summed E-state index contributed by atoms with van der Waals surface area (Å²) in [4.78, 5) is 0. The van der Waals surface area contributed by atoms with Crippen molar-refractivity contribution in [2.24, 2.45) is 5.92 Å². The largest absolute Gasteiger partial charge is 0.0717 e. The van der Waals surface area contributed by atoms with Crippen LogP contribution in [0.15, 0.2) is 139 Å². The smallest absolute Gasteiger partial charge is 0.0155 e. The second kappa shape index (κ2) is 8.86. The number of allylic oxidation sites excluding steroid dienone is 4. The zero-order chi connectivity index (χ0) is 30.9. The fourth-order valence-electron chi connectivity index (χ4n) is 9.47. The molecule has 220 valence electrons. The molecule has 3 aliphatic rings. The van der Waals surface area contributed by atoms with Crippen LogP contribution >= 0.6 is 0 Å². The molecule has 0 amide bonds. The van der Waals surface area contributed by atoms with E-state index in [-0.39, 0.29) is 10.8 Å². The van der Waals surface area contributed by atoms with Gasteiger partial charge in [-0.15, -0.1) is 0 Å². The van der Waals surface area contributed by atoms with Crippen LogP contribution in [0.25, 0.3) is 60.1 Å². The normalized spacial score (nSPS) is 20.3. The van der Waals surface area contributed by atoms with Crippen molar-refractivity contribution in [1.29, 1.82) is 0 Å². The standard InChI is InChI=1S/C46H36/c1-45(2)39-11-6-5-10-34(39)37-25-42-38(26-41(37)45)35-22-20-32(24-40(35)46(42,3)4)27-12-14-28(15-13-27)33-21-18-31-17-16-29-8-7-9-30-19-23-36(33)44(31)43(29)30/h5-26,38,42H,1-4H3. The number of rotatable bonds is 2. The van der Waals surface area contributed by atoms with Gasteiger partial charge in [0.25, 0.3) is 0 Å². The lowest BCUT2D eigenvalue weighted by atomic mass is 9.70. The third-order valence-corrected chi connectivity index (χ3v) is 11.9. The lowest BCUT2D eigenvalue weighted by Crippen LogP contribution is -2.27. The van der Waals surface area contributed by atoms with Crippen LogP contribution in [-0.2, 0) is 10.8 Å². The highest BCUT2D eigenvalue weighted by atomic mass is 14.5. The van der Waals surface area contributed by atoms with Gasteiger partial charge in [-0.3, -0.25) is 0 Å². The van der Waals surface area contributed by atoms with Crippen LogP contribution < -0.4 is 0 Å². The number of hydrogen-bond donors (Lipinski definition) is 0. The first-order valence-electron chi connectivity index (χ1n) is 16.8. The minimum atomic E-state index is 0.0384. The summed E-state index contributed by atoms with van der Waals surface area (Å²) in [5, 5.41) is 8.01. The monoisotopic (exact) mass is 588 g/mol. The van der Waals surface area contributed by atoms with Gasteiger partial charge in [-0.25, -0.2) is 0 Å². The van der Waals surface area contributed by atoms with Crippen molar-refractivity contribution in [3.63, 3.8) is 0 Å². The average molecular weight is 589 g/mol. The third kappa shape index (κ3) is 3.34. The Labute approximate surface area is 271 Å². The Kier molecular flexibility index (Phi) is 5.06. The Hall–Kier alpha value is -4.94. The molecular weight excluding hydrogens is 553 g/mol. The Bertz CT molecular complexity index is 2450. The summed E-state index contributed by atoms with van der Waals surface area (Å²) in [6.07, 6.45) is 5.25. The van der Waals surface area contributed by atoms with Crippen molar-refractivity contribution < 1.29 is 0 Å². The predicted molar refractivity (Wildman–Crippen MR) is 196 cm³/mol. The van der Waals surface area contributed by atoms with E-state index in [4.69, 9.17) is 0 Å². The molecule has 0 aliphatic heterocycles. The quantitative estimate of drug-likeness (QED) is 0.176. The van der Waals surface area contributed by atoms with Crippen molar-refractivity contribution in [1.82, 2.24) is 0 Å². The number of hydrogen-bond acceptors (Lipinski definition) is 0. The summed E-state index contributed by atoms with van der Waals surface area (Å²) in [7, 11) is 0. The fourth-order valence-corrected chi connectivity index (χ4v) is 9.47. The van der Waals surface area contributed by atoms with Crippen LogP contribution in [-0.4, -0.2) is 0 Å². The Morgan fingerprint density at radius 3 is 1.98 bits per heavy atom. The van der Waals surface area contributed by atoms with E-state index < -0.39 is 0 Å². The van der Waals surface area contributed by atoms with E-state index in [1.807, 2.05) is 0 Å². The molecule has 7 aromatic carbocycles. The highest BCUT2D eigenvalue weighted by Gasteiger charge is 2.49. The molecule has 0 bridgehead atoms. The minimum Gasteiger partial charge on any atom is -0.0717 e. The highest BCUT2D eigenvalue weighted by Crippen LogP contribution is 2.60. The molecule has 0 radical (unpaired) electrons. The fraction of sp³-hybridized carbons (Fsp3) is 0.174. The molecule has 3 aliphatic carbocycles. The van der Waals surface area contributed by atoms with Gasteiger partial charge in [-0.2, -0.15) is 0 Å². The van der Waals surface area contributed by atoms with Crippen LogP contribution in [0.5, 0.6) is 0 Å². The van der Waals surface area contributed by atoms with Gasteiger partial charge in [0.15, 0.2) is 0 Å². The minimum absolute atomic E-state index is 0.0384. The molecule has 0 nitrogen and oxygen atoms in total. The summed E-state index contributed by atoms with van der Waals surface area (Å²) in [5.74, 6) is 0.874. The van der Waals surface area contributed by atoms with Gasteiger partial charge in [0.1, 0.15) is 0 Å². The van der Waals surface area contributed by atoms with Crippen LogP contribution in [0, 0.1) is 5.92 Å². The molecule has 0 saturated carbocycles. The second-order valence-electron chi connectivity index (χ2n) is 15.0. The van der Waals surface area contributed by atoms with Gasteiger partial charge in [0, 0.05) is 11.3 Å². The molecule has 2 atom stereocenters. The van der Waals surface area contributed by atoms with Crippen molar-refractivity contribution >= 4 is 37.9 Å². The first-order chi connectivity index (χ1) is 22.3. The van der Waals surface area contributed by atoms with E-state index in [9.17, 15) is 0 Å². The lowest BCUT2D eigenvalue weighted by Gasteiger charge is -2.33. The van der Waals surface area contributed by atoms with Crippen LogP contribution in [0.1, 0.15) is 55.9 Å². The maximum atomic E-state index is 2.62. The first-order valence-corrected chi connectivity index (χ1v) is 16.8. The van der Waals surface area contributed by atoms with Crippen LogP contribution in [0.3, 0.4) is 0 Å². The van der Waals surface area contributed by atoms with Crippen molar-refractivity contribution in [3.05, 3.63) is 161 Å². The topological polar surface area (TPSA) is 0 Å². The molecular formula is C46H36. The first kappa shape index (κ1) is 26.3. The average Bonchev–Trinajstić information content (AvgIpc) is 3.45. The molecule has 0 saturated heterocycles. The summed E-state index contributed by atoms with van der Waals surface area (Å²) >= 11 is 0. The molecule has 0 aromatic heterocycles. The molecule has 0 fully saturated rings. The van der Waals surface area contributed by atoms with Crippen molar-refractivity contribution in [2.45, 2.75) is 44.4 Å². The predicted octanol–water partition coefficient (Wildman–Crippen LogP) is 12.2. The number of fused-ring (bicyclic) bond motifs is 6. The van der Waals surface area contributed by atoms with E-state index in [0.29, 0.717) is 11.8 Å². The van der Waals surface area contributed by atoms with Crippen LogP contribution in [0.2, 0.25) is 0 Å². The third-order valence-electron chi connectivity index (χ3n) is 11.9. The lowest BCUT2D eigenvalue weighted by molar-refractivity contribution is 0.393. The van der Waals surface area contributed by atoms with Crippen LogP contribution in [0.4, 0.5) is 0 Å². The Morgan fingerprint density at radius 2 is 1.17 bits per heavy atom. The van der Waals surface area contributed by atoms with Gasteiger partial charge in [-0.05, 0) is 99.3 Å². The second-order valence-corrected chi connectivity index (χ2v) is 15.0. The highest BCUT2D eigenvalue weighted by molar-refractivity contribution is 6.25.